The Morgan fingerprint density at radius 3 is 2.88 bits per heavy atom. The van der Waals surface area contributed by atoms with Crippen LogP contribution in [0, 0.1) is 5.82 Å². The lowest BCUT2D eigenvalue weighted by molar-refractivity contribution is 0.0951. The molecule has 0 fully saturated rings. The highest BCUT2D eigenvalue weighted by Crippen LogP contribution is 2.03. The van der Waals surface area contributed by atoms with Crippen molar-refractivity contribution in [2.45, 2.75) is 6.54 Å². The minimum Gasteiger partial charge on any atom is -0.350 e. The number of nitrogens with zero attached hydrogens (tertiary/aromatic N) is 5. The Morgan fingerprint density at radius 2 is 2.12 bits per heavy atom. The Morgan fingerprint density at radius 1 is 1.25 bits per heavy atom. The molecule has 24 heavy (non-hydrogen) atoms. The van der Waals surface area contributed by atoms with Crippen LogP contribution in [-0.4, -0.2) is 37.0 Å². The normalized spacial score (nSPS) is 10.5. The lowest BCUT2D eigenvalue weighted by Crippen LogP contribution is -2.32. The molecular formula is C15H13FN6O2. The zero-order valence-electron chi connectivity index (χ0n) is 12.5. The Balaban J connectivity index is 1.65. The fraction of sp³-hybridized carbons (Fsp3) is 0.133. The summed E-state index contributed by atoms with van der Waals surface area (Å²) in [5, 5.41) is 10.7. The maximum Gasteiger partial charge on any atom is 0.266 e. The van der Waals surface area contributed by atoms with Gasteiger partial charge in [0.05, 0.1) is 6.54 Å². The van der Waals surface area contributed by atoms with Gasteiger partial charge in [-0.2, -0.15) is 5.10 Å². The van der Waals surface area contributed by atoms with Gasteiger partial charge in [0.1, 0.15) is 18.5 Å². The minimum atomic E-state index is -0.485. The van der Waals surface area contributed by atoms with Crippen LogP contribution in [0.15, 0.2) is 53.8 Å². The van der Waals surface area contributed by atoms with Crippen LogP contribution in [0.25, 0.3) is 5.82 Å². The van der Waals surface area contributed by atoms with E-state index in [9.17, 15) is 14.0 Å². The molecule has 0 unspecified atom stereocenters. The van der Waals surface area contributed by atoms with E-state index in [1.807, 2.05) is 0 Å². The lowest BCUT2D eigenvalue weighted by Gasteiger charge is -2.08. The Bertz CT molecular complexity index is 906. The number of rotatable bonds is 5. The number of carbonyl (C=O) groups is 1. The monoisotopic (exact) mass is 328 g/mol. The van der Waals surface area contributed by atoms with E-state index in [1.54, 1.807) is 0 Å². The van der Waals surface area contributed by atoms with Crippen molar-refractivity contribution in [1.29, 1.82) is 0 Å². The van der Waals surface area contributed by atoms with Crippen LogP contribution in [0.5, 0.6) is 0 Å². The van der Waals surface area contributed by atoms with Crippen molar-refractivity contribution >= 4 is 5.91 Å². The molecule has 0 radical (unpaired) electrons. The number of nitrogens with one attached hydrogen (secondary N) is 1. The standard InChI is InChI=1S/C15H13FN6O2/c16-12-3-1-2-11(8-12)15(24)18-6-7-21-14(23)5-4-13(20-21)22-10-17-9-19-22/h1-5,8-10H,6-7H2,(H,18,24). The molecular weight excluding hydrogens is 315 g/mol. The van der Waals surface area contributed by atoms with Gasteiger partial charge in [-0.3, -0.25) is 9.59 Å². The Hall–Kier alpha value is -3.36. The number of halogens is 1. The molecule has 0 saturated heterocycles. The number of hydrogen-bond donors (Lipinski definition) is 1. The van der Waals surface area contributed by atoms with Crippen LogP contribution in [0.3, 0.4) is 0 Å². The molecule has 0 aliphatic carbocycles. The van der Waals surface area contributed by atoms with E-state index < -0.39 is 11.7 Å². The Labute approximate surface area is 135 Å². The van der Waals surface area contributed by atoms with Gasteiger partial charge in [-0.25, -0.2) is 18.7 Å². The summed E-state index contributed by atoms with van der Waals surface area (Å²) in [5.41, 5.74) is -0.0921. The van der Waals surface area contributed by atoms with Crippen molar-refractivity contribution in [3.8, 4) is 5.82 Å². The van der Waals surface area contributed by atoms with Crippen molar-refractivity contribution in [2.24, 2.45) is 0 Å². The van der Waals surface area contributed by atoms with Gasteiger partial charge in [-0.1, -0.05) is 6.07 Å². The van der Waals surface area contributed by atoms with E-state index in [4.69, 9.17) is 0 Å². The van der Waals surface area contributed by atoms with Crippen LogP contribution < -0.4 is 10.9 Å². The van der Waals surface area contributed by atoms with Gasteiger partial charge in [0.25, 0.3) is 11.5 Å². The minimum absolute atomic E-state index is 0.169. The van der Waals surface area contributed by atoms with E-state index in [0.717, 1.165) is 6.07 Å². The quantitative estimate of drug-likeness (QED) is 0.731. The third kappa shape index (κ3) is 3.51. The van der Waals surface area contributed by atoms with Crippen molar-refractivity contribution in [3.05, 3.63) is 70.8 Å². The topological polar surface area (TPSA) is 94.7 Å². The fourth-order valence-corrected chi connectivity index (χ4v) is 2.05. The van der Waals surface area contributed by atoms with E-state index in [0.29, 0.717) is 5.82 Å². The van der Waals surface area contributed by atoms with Gasteiger partial charge in [0.15, 0.2) is 5.82 Å². The second-order valence-electron chi connectivity index (χ2n) is 4.86. The van der Waals surface area contributed by atoms with Crippen molar-refractivity contribution in [3.63, 3.8) is 0 Å². The lowest BCUT2D eigenvalue weighted by atomic mass is 10.2. The molecule has 2 heterocycles. The summed E-state index contributed by atoms with van der Waals surface area (Å²) in [6.45, 7) is 0.339. The molecule has 1 N–H and O–H groups in total. The molecule has 122 valence electrons. The van der Waals surface area contributed by atoms with Crippen LogP contribution in [0.1, 0.15) is 10.4 Å². The first-order chi connectivity index (χ1) is 11.6. The molecule has 3 rings (SSSR count). The summed E-state index contributed by atoms with van der Waals surface area (Å²) in [6.07, 6.45) is 2.82. The number of amides is 1. The van der Waals surface area contributed by atoms with Crippen molar-refractivity contribution in [2.75, 3.05) is 6.54 Å². The number of benzene rings is 1. The van der Waals surface area contributed by atoms with E-state index in [-0.39, 0.29) is 24.2 Å². The van der Waals surface area contributed by atoms with Crippen molar-refractivity contribution in [1.82, 2.24) is 29.9 Å². The molecule has 0 bridgehead atoms. The highest BCUT2D eigenvalue weighted by Gasteiger charge is 2.07. The maximum absolute atomic E-state index is 13.1. The second-order valence-corrected chi connectivity index (χ2v) is 4.86. The summed E-state index contributed by atoms with van der Waals surface area (Å²) in [6, 6.07) is 8.25. The van der Waals surface area contributed by atoms with E-state index in [2.05, 4.69) is 20.5 Å². The van der Waals surface area contributed by atoms with Crippen LogP contribution in [0.4, 0.5) is 4.39 Å². The summed E-state index contributed by atoms with van der Waals surface area (Å²) in [7, 11) is 0. The SMILES string of the molecule is O=C(NCCn1nc(-n2cncn2)ccc1=O)c1cccc(F)c1. The molecule has 0 saturated carbocycles. The highest BCUT2D eigenvalue weighted by atomic mass is 19.1. The third-order valence-electron chi connectivity index (χ3n) is 3.20. The fourth-order valence-electron chi connectivity index (χ4n) is 2.05. The van der Waals surface area contributed by atoms with Gasteiger partial charge >= 0.3 is 0 Å². The smallest absolute Gasteiger partial charge is 0.266 e. The molecule has 9 heteroatoms. The average molecular weight is 328 g/mol. The summed E-state index contributed by atoms with van der Waals surface area (Å²) in [5.74, 6) is -0.473. The van der Waals surface area contributed by atoms with E-state index >= 15 is 0 Å². The number of hydrogen-bond acceptors (Lipinski definition) is 5. The van der Waals surface area contributed by atoms with Gasteiger partial charge in [0.2, 0.25) is 0 Å². The van der Waals surface area contributed by atoms with Crippen molar-refractivity contribution < 1.29 is 9.18 Å². The van der Waals surface area contributed by atoms with Crippen LogP contribution in [-0.2, 0) is 6.54 Å². The zero-order chi connectivity index (χ0) is 16.9. The molecule has 1 aromatic carbocycles. The molecule has 0 aliphatic rings. The molecule has 0 spiro atoms. The van der Waals surface area contributed by atoms with Crippen LogP contribution in [0.2, 0.25) is 0 Å². The second kappa shape index (κ2) is 6.82. The molecule has 2 aromatic heterocycles. The van der Waals surface area contributed by atoms with Gasteiger partial charge in [0, 0.05) is 18.2 Å². The predicted molar refractivity (Wildman–Crippen MR) is 82.1 cm³/mol. The largest absolute Gasteiger partial charge is 0.350 e. The van der Waals surface area contributed by atoms with Gasteiger partial charge in [-0.05, 0) is 24.3 Å². The first kappa shape index (κ1) is 15.5. The summed E-state index contributed by atoms with van der Waals surface area (Å²) >= 11 is 0. The highest BCUT2D eigenvalue weighted by molar-refractivity contribution is 5.94. The third-order valence-corrected chi connectivity index (χ3v) is 3.20. The number of carbonyl (C=O) groups excluding carboxylic acids is 1. The zero-order valence-corrected chi connectivity index (χ0v) is 12.5. The van der Waals surface area contributed by atoms with Crippen LogP contribution >= 0.6 is 0 Å². The maximum atomic E-state index is 13.1. The first-order valence-electron chi connectivity index (χ1n) is 7.10. The summed E-state index contributed by atoms with van der Waals surface area (Å²) < 4.78 is 15.7. The molecule has 8 nitrogen and oxygen atoms in total. The average Bonchev–Trinajstić information content (AvgIpc) is 3.11. The molecule has 3 aromatic rings. The molecule has 1 amide bonds. The van der Waals surface area contributed by atoms with Gasteiger partial charge in [-0.15, -0.1) is 5.10 Å². The first-order valence-corrected chi connectivity index (χ1v) is 7.10. The Kier molecular flexibility index (Phi) is 4.41. The predicted octanol–water partition coefficient (Wildman–Crippen LogP) is 0.393. The number of aromatic nitrogens is 5. The van der Waals surface area contributed by atoms with E-state index in [1.165, 1.54) is 52.4 Å². The molecule has 0 atom stereocenters. The molecule has 0 aliphatic heterocycles. The van der Waals surface area contributed by atoms with Gasteiger partial charge < -0.3 is 5.32 Å². The summed E-state index contributed by atoms with van der Waals surface area (Å²) in [4.78, 5) is 27.6.